The zero-order valence-electron chi connectivity index (χ0n) is 14.5. The Morgan fingerprint density at radius 1 is 1.23 bits per heavy atom. The third-order valence-electron chi connectivity index (χ3n) is 4.22. The van der Waals surface area contributed by atoms with Gasteiger partial charge in [-0.3, -0.25) is 14.2 Å². The van der Waals surface area contributed by atoms with Crippen molar-refractivity contribution in [1.29, 1.82) is 0 Å². The van der Waals surface area contributed by atoms with Crippen LogP contribution < -0.4 is 10.9 Å². The Labute approximate surface area is 152 Å². The fraction of sp³-hybridized carbons (Fsp3) is 0.222. The molecule has 26 heavy (non-hydrogen) atoms. The van der Waals surface area contributed by atoms with Crippen molar-refractivity contribution < 1.29 is 14.7 Å². The minimum absolute atomic E-state index is 0.0851. The summed E-state index contributed by atoms with van der Waals surface area (Å²) in [5.74, 6) is -1.45. The number of carbonyl (C=O) groups is 2. The lowest BCUT2D eigenvalue weighted by Crippen LogP contribution is -2.27. The number of anilines is 1. The minimum Gasteiger partial charge on any atom is -0.477 e. The van der Waals surface area contributed by atoms with Gasteiger partial charge in [0.2, 0.25) is 5.91 Å². The number of thiophene rings is 1. The summed E-state index contributed by atoms with van der Waals surface area (Å²) in [6, 6.07) is 5.57. The van der Waals surface area contributed by atoms with Gasteiger partial charge in [0.15, 0.2) is 0 Å². The second kappa shape index (κ2) is 6.72. The quantitative estimate of drug-likeness (QED) is 0.734. The first-order valence-electron chi connectivity index (χ1n) is 7.87. The number of carbonyl (C=O) groups excluding carboxylic acids is 1. The van der Waals surface area contributed by atoms with E-state index in [9.17, 15) is 19.5 Å². The number of nitrogens with one attached hydrogen (secondary N) is 1. The first-order chi connectivity index (χ1) is 12.3. The van der Waals surface area contributed by atoms with Crippen LogP contribution in [0.25, 0.3) is 10.2 Å². The maximum atomic E-state index is 12.6. The predicted octanol–water partition coefficient (Wildman–Crippen LogP) is 2.72. The lowest BCUT2D eigenvalue weighted by molar-refractivity contribution is -0.116. The van der Waals surface area contributed by atoms with Crippen LogP contribution in [0.3, 0.4) is 0 Å². The Kier molecular flexibility index (Phi) is 4.60. The van der Waals surface area contributed by atoms with Crippen LogP contribution >= 0.6 is 11.3 Å². The normalized spacial score (nSPS) is 10.9. The van der Waals surface area contributed by atoms with Crippen molar-refractivity contribution in [3.05, 3.63) is 56.4 Å². The van der Waals surface area contributed by atoms with E-state index in [1.165, 1.54) is 10.9 Å². The molecule has 0 bridgehead atoms. The average Bonchev–Trinajstić information content (AvgIpc) is 2.91. The summed E-state index contributed by atoms with van der Waals surface area (Å²) in [6.45, 7) is 5.31. The number of fused-ring (bicyclic) bond motifs is 1. The number of aromatic nitrogens is 2. The molecule has 3 rings (SSSR count). The molecule has 3 aromatic rings. The Balaban J connectivity index is 1.88. The van der Waals surface area contributed by atoms with Gasteiger partial charge in [0, 0.05) is 5.69 Å². The molecule has 0 aliphatic carbocycles. The molecule has 1 amide bonds. The Morgan fingerprint density at radius 2 is 1.96 bits per heavy atom. The molecule has 0 atom stereocenters. The van der Waals surface area contributed by atoms with Gasteiger partial charge in [0.25, 0.3) is 5.56 Å². The van der Waals surface area contributed by atoms with E-state index in [1.807, 2.05) is 26.0 Å². The van der Waals surface area contributed by atoms with Crippen molar-refractivity contribution in [2.45, 2.75) is 27.3 Å². The fourth-order valence-electron chi connectivity index (χ4n) is 2.65. The van der Waals surface area contributed by atoms with Crippen molar-refractivity contribution in [3.8, 4) is 0 Å². The summed E-state index contributed by atoms with van der Waals surface area (Å²) >= 11 is 0.955. The molecule has 0 fully saturated rings. The highest BCUT2D eigenvalue weighted by Crippen LogP contribution is 2.26. The number of amides is 1. The minimum atomic E-state index is -1.09. The number of aryl methyl sites for hydroxylation is 3. The van der Waals surface area contributed by atoms with Gasteiger partial charge in [-0.1, -0.05) is 6.07 Å². The van der Waals surface area contributed by atoms with Gasteiger partial charge >= 0.3 is 5.97 Å². The molecule has 0 aliphatic rings. The fourth-order valence-corrected chi connectivity index (χ4v) is 3.63. The first kappa shape index (κ1) is 17.8. The molecule has 7 nitrogen and oxygen atoms in total. The van der Waals surface area contributed by atoms with Gasteiger partial charge in [-0.2, -0.15) is 0 Å². The standard InChI is InChI=1S/C18H17N3O4S/c1-9-4-5-12(6-10(9)2)20-13(22)7-21-8-19-16-14(17(21)23)11(3)15(26-16)18(24)25/h4-6,8H,7H2,1-3H3,(H,20,22)(H,24,25). The van der Waals surface area contributed by atoms with Crippen LogP contribution in [0.2, 0.25) is 0 Å². The van der Waals surface area contributed by atoms with Crippen molar-refractivity contribution in [2.75, 3.05) is 5.32 Å². The van der Waals surface area contributed by atoms with Gasteiger partial charge in [-0.25, -0.2) is 9.78 Å². The molecule has 0 unspecified atom stereocenters. The molecule has 134 valence electrons. The molecule has 0 saturated heterocycles. The van der Waals surface area contributed by atoms with E-state index < -0.39 is 11.5 Å². The molecule has 0 saturated carbocycles. The Morgan fingerprint density at radius 3 is 2.62 bits per heavy atom. The highest BCUT2D eigenvalue weighted by Gasteiger charge is 2.19. The number of nitrogens with zero attached hydrogens (tertiary/aromatic N) is 2. The van der Waals surface area contributed by atoms with Crippen LogP contribution in [-0.4, -0.2) is 26.5 Å². The summed E-state index contributed by atoms with van der Waals surface area (Å²) < 4.78 is 1.18. The van der Waals surface area contributed by atoms with Gasteiger partial charge in [-0.15, -0.1) is 11.3 Å². The number of carboxylic acid groups (broad SMARTS) is 1. The maximum absolute atomic E-state index is 12.6. The second-order valence-corrected chi connectivity index (χ2v) is 7.07. The monoisotopic (exact) mass is 371 g/mol. The average molecular weight is 371 g/mol. The number of benzene rings is 1. The highest BCUT2D eigenvalue weighted by atomic mass is 32.1. The summed E-state index contributed by atoms with van der Waals surface area (Å²) in [5, 5.41) is 12.2. The van der Waals surface area contributed by atoms with E-state index in [1.54, 1.807) is 13.0 Å². The van der Waals surface area contributed by atoms with Crippen LogP contribution in [0.15, 0.2) is 29.3 Å². The van der Waals surface area contributed by atoms with Crippen LogP contribution in [0, 0.1) is 20.8 Å². The number of hydrogen-bond acceptors (Lipinski definition) is 5. The van der Waals surface area contributed by atoms with Crippen molar-refractivity contribution in [3.63, 3.8) is 0 Å². The lowest BCUT2D eigenvalue weighted by atomic mass is 10.1. The lowest BCUT2D eigenvalue weighted by Gasteiger charge is -2.09. The third kappa shape index (κ3) is 3.23. The first-order valence-corrected chi connectivity index (χ1v) is 8.68. The van der Waals surface area contributed by atoms with E-state index in [-0.39, 0.29) is 22.7 Å². The number of hydrogen-bond donors (Lipinski definition) is 2. The zero-order chi connectivity index (χ0) is 19.0. The molecule has 2 N–H and O–H groups in total. The van der Waals surface area contributed by atoms with Gasteiger partial charge in [-0.05, 0) is 49.6 Å². The molecule has 8 heteroatoms. The number of rotatable bonds is 4. The van der Waals surface area contributed by atoms with Crippen molar-refractivity contribution in [1.82, 2.24) is 9.55 Å². The zero-order valence-corrected chi connectivity index (χ0v) is 15.3. The van der Waals surface area contributed by atoms with Crippen LogP contribution in [0.4, 0.5) is 5.69 Å². The van der Waals surface area contributed by atoms with Crippen LogP contribution in [0.1, 0.15) is 26.4 Å². The van der Waals surface area contributed by atoms with E-state index in [0.717, 1.165) is 22.5 Å². The second-order valence-electron chi connectivity index (χ2n) is 6.07. The highest BCUT2D eigenvalue weighted by molar-refractivity contribution is 7.20. The van der Waals surface area contributed by atoms with Crippen molar-refractivity contribution in [2.24, 2.45) is 0 Å². The largest absolute Gasteiger partial charge is 0.477 e. The Hall–Kier alpha value is -3.00. The molecular weight excluding hydrogens is 354 g/mol. The maximum Gasteiger partial charge on any atom is 0.346 e. The molecule has 2 heterocycles. The molecule has 1 aromatic carbocycles. The predicted molar refractivity (Wildman–Crippen MR) is 100 cm³/mol. The third-order valence-corrected chi connectivity index (χ3v) is 5.40. The molecular formula is C18H17N3O4S. The smallest absolute Gasteiger partial charge is 0.346 e. The molecule has 2 aromatic heterocycles. The summed E-state index contributed by atoms with van der Waals surface area (Å²) in [7, 11) is 0. The topological polar surface area (TPSA) is 101 Å². The van der Waals surface area contributed by atoms with Crippen molar-refractivity contribution >= 4 is 39.1 Å². The van der Waals surface area contributed by atoms with E-state index >= 15 is 0 Å². The van der Waals surface area contributed by atoms with Gasteiger partial charge in [0.1, 0.15) is 16.3 Å². The van der Waals surface area contributed by atoms with Crippen LogP contribution in [-0.2, 0) is 11.3 Å². The van der Waals surface area contributed by atoms with Crippen LogP contribution in [0.5, 0.6) is 0 Å². The van der Waals surface area contributed by atoms with E-state index in [4.69, 9.17) is 0 Å². The SMILES string of the molecule is Cc1ccc(NC(=O)Cn2cnc3sc(C(=O)O)c(C)c3c2=O)cc1C. The molecule has 0 spiro atoms. The summed E-state index contributed by atoms with van der Waals surface area (Å²) in [4.78, 5) is 40.7. The van der Waals surface area contributed by atoms with E-state index in [2.05, 4.69) is 10.3 Å². The Bertz CT molecular complexity index is 1100. The summed E-state index contributed by atoms with van der Waals surface area (Å²) in [6.07, 6.45) is 1.27. The van der Waals surface area contributed by atoms with Gasteiger partial charge in [0.05, 0.1) is 11.7 Å². The molecule has 0 aliphatic heterocycles. The summed E-state index contributed by atoms with van der Waals surface area (Å²) in [5.41, 5.74) is 2.78. The van der Waals surface area contributed by atoms with E-state index in [0.29, 0.717) is 16.1 Å². The number of aromatic carboxylic acids is 1. The molecule has 0 radical (unpaired) electrons. The number of carboxylic acids is 1. The van der Waals surface area contributed by atoms with Gasteiger partial charge < -0.3 is 10.4 Å².